The monoisotopic (exact) mass is 392 g/mol. The topological polar surface area (TPSA) is 67.9 Å². The van der Waals surface area contributed by atoms with Gasteiger partial charge in [-0.2, -0.15) is 0 Å². The molecule has 2 amide bonds. The van der Waals surface area contributed by atoms with Crippen molar-refractivity contribution in [3.05, 3.63) is 65.7 Å². The molecular weight excluding hydrogens is 368 g/mol. The molecule has 0 saturated carbocycles. The quantitative estimate of drug-likeness (QED) is 0.868. The molecule has 4 rings (SSSR count). The summed E-state index contributed by atoms with van der Waals surface area (Å²) in [4.78, 5) is 27.7. The minimum absolute atomic E-state index is 0.185. The van der Waals surface area contributed by atoms with Crippen LogP contribution in [0.25, 0.3) is 5.57 Å². The Kier molecular flexibility index (Phi) is 4.78. The molecule has 0 fully saturated rings. The molecule has 1 N–H and O–H groups in total. The molecule has 2 heterocycles. The Hall–Kier alpha value is -3.28. The van der Waals surface area contributed by atoms with Gasteiger partial charge in [-0.1, -0.05) is 36.4 Å². The summed E-state index contributed by atoms with van der Waals surface area (Å²) in [5, 5.41) is 3.02. The molecule has 0 radical (unpaired) electrons. The third-order valence-corrected chi connectivity index (χ3v) is 4.81. The number of rotatable bonds is 4. The Labute approximate surface area is 170 Å². The lowest BCUT2D eigenvalue weighted by molar-refractivity contribution is -0.134. The van der Waals surface area contributed by atoms with Crippen molar-refractivity contribution in [3.8, 4) is 11.5 Å². The Bertz CT molecular complexity index is 976. The predicted octanol–water partition coefficient (Wildman–Crippen LogP) is 3.12. The van der Waals surface area contributed by atoms with Crippen LogP contribution < -0.4 is 14.8 Å². The number of hydrogen-bond acceptors (Lipinski definition) is 4. The molecule has 0 spiro atoms. The van der Waals surface area contributed by atoms with E-state index in [0.717, 1.165) is 11.1 Å². The number of fused-ring (bicyclic) bond motifs is 1. The van der Waals surface area contributed by atoms with Crippen LogP contribution in [0.1, 0.15) is 31.9 Å². The van der Waals surface area contributed by atoms with Crippen molar-refractivity contribution in [2.75, 3.05) is 6.79 Å². The Morgan fingerprint density at radius 1 is 1.10 bits per heavy atom. The van der Waals surface area contributed by atoms with Gasteiger partial charge < -0.3 is 19.7 Å². The van der Waals surface area contributed by atoms with Gasteiger partial charge in [0, 0.05) is 18.2 Å². The first-order chi connectivity index (χ1) is 13.8. The number of benzene rings is 2. The van der Waals surface area contributed by atoms with Crippen LogP contribution in [0.2, 0.25) is 0 Å². The second-order valence-corrected chi connectivity index (χ2v) is 8.26. The molecule has 2 aromatic rings. The molecule has 6 nitrogen and oxygen atoms in total. The lowest BCUT2D eigenvalue weighted by atomic mass is 9.97. The lowest BCUT2D eigenvalue weighted by Crippen LogP contribution is -2.51. The number of hydrogen-bond donors (Lipinski definition) is 1. The second kappa shape index (κ2) is 7.28. The Balaban J connectivity index is 1.66. The highest BCUT2D eigenvalue weighted by atomic mass is 16.7. The molecule has 1 atom stereocenters. The van der Waals surface area contributed by atoms with Crippen LogP contribution in [-0.2, 0) is 16.1 Å². The van der Waals surface area contributed by atoms with Crippen LogP contribution in [-0.4, -0.2) is 35.1 Å². The van der Waals surface area contributed by atoms with E-state index in [9.17, 15) is 9.59 Å². The number of nitrogens with one attached hydrogen (secondary N) is 1. The Morgan fingerprint density at radius 2 is 1.83 bits per heavy atom. The molecule has 2 aromatic carbocycles. The normalized spacial score (nSPS) is 18.0. The van der Waals surface area contributed by atoms with Gasteiger partial charge in [0.15, 0.2) is 11.5 Å². The largest absolute Gasteiger partial charge is 0.454 e. The van der Waals surface area contributed by atoms with Crippen molar-refractivity contribution in [1.82, 2.24) is 10.2 Å². The molecule has 29 heavy (non-hydrogen) atoms. The fraction of sp³-hybridized carbons (Fsp3) is 0.304. The fourth-order valence-corrected chi connectivity index (χ4v) is 3.59. The first-order valence-electron chi connectivity index (χ1n) is 9.60. The van der Waals surface area contributed by atoms with Gasteiger partial charge >= 0.3 is 0 Å². The highest BCUT2D eigenvalue weighted by molar-refractivity contribution is 6.10. The maximum Gasteiger partial charge on any atom is 0.248 e. The molecule has 6 heteroatoms. The smallest absolute Gasteiger partial charge is 0.248 e. The van der Waals surface area contributed by atoms with Crippen LogP contribution >= 0.6 is 0 Å². The summed E-state index contributed by atoms with van der Waals surface area (Å²) < 4.78 is 10.8. The molecule has 2 aliphatic rings. The summed E-state index contributed by atoms with van der Waals surface area (Å²) in [6, 6.07) is 14.4. The lowest BCUT2D eigenvalue weighted by Gasteiger charge is -2.30. The van der Waals surface area contributed by atoms with Crippen LogP contribution in [0.5, 0.6) is 11.5 Å². The second-order valence-electron chi connectivity index (χ2n) is 8.26. The van der Waals surface area contributed by atoms with Gasteiger partial charge in [-0.3, -0.25) is 9.59 Å². The van der Waals surface area contributed by atoms with Gasteiger partial charge in [0.05, 0.1) is 0 Å². The molecule has 0 saturated heterocycles. The number of amides is 2. The number of carbonyl (C=O) groups is 2. The van der Waals surface area contributed by atoms with Gasteiger partial charge in [0.25, 0.3) is 0 Å². The summed E-state index contributed by atoms with van der Waals surface area (Å²) in [5.41, 5.74) is 2.04. The molecule has 0 aliphatic carbocycles. The van der Waals surface area contributed by atoms with Gasteiger partial charge in [-0.05, 0) is 49.6 Å². The molecule has 150 valence electrons. The number of nitrogens with zero attached hydrogens (tertiary/aromatic N) is 1. The average molecular weight is 392 g/mol. The third-order valence-electron chi connectivity index (χ3n) is 4.81. The summed E-state index contributed by atoms with van der Waals surface area (Å²) in [5.74, 6) is 0.961. The van der Waals surface area contributed by atoms with Gasteiger partial charge in [-0.25, -0.2) is 0 Å². The molecule has 1 unspecified atom stereocenters. The first-order valence-corrected chi connectivity index (χ1v) is 9.60. The third kappa shape index (κ3) is 3.97. The van der Waals surface area contributed by atoms with E-state index in [2.05, 4.69) is 5.32 Å². The van der Waals surface area contributed by atoms with E-state index in [-0.39, 0.29) is 18.6 Å². The summed E-state index contributed by atoms with van der Waals surface area (Å²) in [6.07, 6.45) is 1.56. The van der Waals surface area contributed by atoms with Crippen LogP contribution in [0.15, 0.2) is 54.6 Å². The summed E-state index contributed by atoms with van der Waals surface area (Å²) >= 11 is 0. The Morgan fingerprint density at radius 3 is 2.55 bits per heavy atom. The van der Waals surface area contributed by atoms with E-state index in [0.29, 0.717) is 23.6 Å². The van der Waals surface area contributed by atoms with Gasteiger partial charge in [0.2, 0.25) is 18.6 Å². The van der Waals surface area contributed by atoms with Crippen LogP contribution in [0.3, 0.4) is 0 Å². The van der Waals surface area contributed by atoms with E-state index in [1.54, 1.807) is 11.0 Å². The molecule has 0 aromatic heterocycles. The minimum atomic E-state index is -0.699. The van der Waals surface area contributed by atoms with Crippen molar-refractivity contribution >= 4 is 17.4 Å². The SMILES string of the molecule is CC(C)(C)NC(=O)C1C(c2ccccc2)=CC(=O)N1Cc1ccc2c(c1)OCO2. The van der Waals surface area contributed by atoms with Crippen LogP contribution in [0, 0.1) is 0 Å². The zero-order chi connectivity index (χ0) is 20.6. The highest BCUT2D eigenvalue weighted by Crippen LogP contribution is 2.35. The van der Waals surface area contributed by atoms with E-state index >= 15 is 0 Å². The highest BCUT2D eigenvalue weighted by Gasteiger charge is 2.39. The van der Waals surface area contributed by atoms with Crippen molar-refractivity contribution in [2.24, 2.45) is 0 Å². The van der Waals surface area contributed by atoms with E-state index in [1.165, 1.54) is 0 Å². The number of carbonyl (C=O) groups excluding carboxylic acids is 2. The zero-order valence-electron chi connectivity index (χ0n) is 16.8. The van der Waals surface area contributed by atoms with Crippen molar-refractivity contribution < 1.29 is 19.1 Å². The molecule has 2 aliphatic heterocycles. The predicted molar refractivity (Wildman–Crippen MR) is 109 cm³/mol. The van der Waals surface area contributed by atoms with Crippen molar-refractivity contribution in [2.45, 2.75) is 38.9 Å². The molecule has 0 bridgehead atoms. The van der Waals surface area contributed by atoms with Crippen molar-refractivity contribution in [3.63, 3.8) is 0 Å². The molecular formula is C23H24N2O4. The van der Waals surface area contributed by atoms with E-state index in [1.807, 2.05) is 69.3 Å². The standard InChI is InChI=1S/C23H24N2O4/c1-23(2,3)24-22(27)21-17(16-7-5-4-6-8-16)12-20(26)25(21)13-15-9-10-18-19(11-15)29-14-28-18/h4-12,21H,13-14H2,1-3H3,(H,24,27). The zero-order valence-corrected chi connectivity index (χ0v) is 16.8. The maximum absolute atomic E-state index is 13.2. The summed E-state index contributed by atoms with van der Waals surface area (Å²) in [7, 11) is 0. The first kappa shape index (κ1) is 19.1. The maximum atomic E-state index is 13.2. The van der Waals surface area contributed by atoms with Gasteiger partial charge in [0.1, 0.15) is 6.04 Å². The summed E-state index contributed by atoms with van der Waals surface area (Å²) in [6.45, 7) is 6.27. The van der Waals surface area contributed by atoms with E-state index in [4.69, 9.17) is 9.47 Å². The number of ether oxygens (including phenoxy) is 2. The average Bonchev–Trinajstić information content (AvgIpc) is 3.25. The van der Waals surface area contributed by atoms with Crippen molar-refractivity contribution in [1.29, 1.82) is 0 Å². The fourth-order valence-electron chi connectivity index (χ4n) is 3.59. The minimum Gasteiger partial charge on any atom is -0.454 e. The van der Waals surface area contributed by atoms with E-state index < -0.39 is 11.6 Å². The van der Waals surface area contributed by atoms with Crippen LogP contribution in [0.4, 0.5) is 0 Å². The van der Waals surface area contributed by atoms with Gasteiger partial charge in [-0.15, -0.1) is 0 Å².